The van der Waals surface area contributed by atoms with E-state index in [1.54, 1.807) is 30.4 Å². The molecule has 1 aromatic carbocycles. The van der Waals surface area contributed by atoms with E-state index in [2.05, 4.69) is 0 Å². The molecule has 0 aromatic heterocycles. The zero-order valence-electron chi connectivity index (χ0n) is 11.4. The van der Waals surface area contributed by atoms with Crippen LogP contribution in [0.2, 0.25) is 0 Å². The Kier molecular flexibility index (Phi) is 4.74. The molecule has 0 amide bonds. The first kappa shape index (κ1) is 14.5. The summed E-state index contributed by atoms with van der Waals surface area (Å²) in [6.45, 7) is 2.00. The lowest BCUT2D eigenvalue weighted by Crippen LogP contribution is -2.09. The number of benzene rings is 1. The van der Waals surface area contributed by atoms with E-state index in [1.807, 2.05) is 6.92 Å². The average Bonchev–Trinajstić information content (AvgIpc) is 2.41. The molecule has 0 fully saturated rings. The van der Waals surface area contributed by atoms with Gasteiger partial charge < -0.3 is 10.2 Å². The third kappa shape index (κ3) is 3.58. The third-order valence-corrected chi connectivity index (χ3v) is 3.19. The van der Waals surface area contributed by atoms with E-state index in [0.717, 1.165) is 17.6 Å². The summed E-state index contributed by atoms with van der Waals surface area (Å²) in [6.07, 6.45) is 7.34. The van der Waals surface area contributed by atoms with Crippen molar-refractivity contribution in [1.82, 2.24) is 0 Å². The van der Waals surface area contributed by atoms with Crippen molar-refractivity contribution in [2.24, 2.45) is 0 Å². The molecule has 20 heavy (non-hydrogen) atoms. The van der Waals surface area contributed by atoms with E-state index in [1.165, 1.54) is 12.1 Å². The number of hydrogen-bond donors (Lipinski definition) is 2. The standard InChI is InChI=1S/C17H18FO2/c1-2-4-15-16(19)10-13(11-17(15)20)8-7-12-5-3-6-14(18)9-12/h3,5-10,19-20H,2,4,11H2,1H3. The zero-order chi connectivity index (χ0) is 14.5. The molecule has 1 aromatic rings. The molecule has 2 N–H and O–H groups in total. The van der Waals surface area contributed by atoms with Gasteiger partial charge in [0.1, 0.15) is 17.7 Å². The third-order valence-electron chi connectivity index (χ3n) is 3.19. The highest BCUT2D eigenvalue weighted by molar-refractivity contribution is 5.55. The van der Waals surface area contributed by atoms with E-state index in [9.17, 15) is 14.6 Å². The minimum atomic E-state index is -0.285. The summed E-state index contributed by atoms with van der Waals surface area (Å²) in [4.78, 5) is 0. The molecule has 3 heteroatoms. The van der Waals surface area contributed by atoms with Gasteiger partial charge in [0.2, 0.25) is 0 Å². The predicted octanol–water partition coefficient (Wildman–Crippen LogP) is 4.69. The Bertz CT molecular complexity index is 570. The van der Waals surface area contributed by atoms with Gasteiger partial charge in [-0.15, -0.1) is 0 Å². The van der Waals surface area contributed by atoms with Gasteiger partial charge in [-0.05, 0) is 35.8 Å². The number of hydrogen-bond acceptors (Lipinski definition) is 2. The highest BCUT2D eigenvalue weighted by atomic mass is 19.1. The Morgan fingerprint density at radius 3 is 2.70 bits per heavy atom. The van der Waals surface area contributed by atoms with Crippen molar-refractivity contribution >= 4 is 6.08 Å². The first-order chi connectivity index (χ1) is 9.60. The molecule has 0 saturated carbocycles. The molecule has 0 atom stereocenters. The summed E-state index contributed by atoms with van der Waals surface area (Å²) >= 11 is 0. The minimum absolute atomic E-state index is 0.120. The number of allylic oxidation sites excluding steroid dienone is 2. The van der Waals surface area contributed by atoms with Crippen molar-refractivity contribution in [3.63, 3.8) is 0 Å². The Morgan fingerprint density at radius 2 is 2.05 bits per heavy atom. The van der Waals surface area contributed by atoms with Crippen molar-refractivity contribution in [2.45, 2.75) is 26.2 Å². The second-order valence-electron chi connectivity index (χ2n) is 4.84. The molecule has 0 heterocycles. The molecule has 2 rings (SSSR count). The summed E-state index contributed by atoms with van der Waals surface area (Å²) in [7, 11) is 0. The molecule has 0 aliphatic heterocycles. The molecular formula is C17H18FO2. The van der Waals surface area contributed by atoms with Gasteiger partial charge >= 0.3 is 0 Å². The fourth-order valence-electron chi connectivity index (χ4n) is 2.20. The van der Waals surface area contributed by atoms with Crippen LogP contribution in [0.15, 0.2) is 53.3 Å². The van der Waals surface area contributed by atoms with Crippen molar-refractivity contribution in [2.75, 3.05) is 0 Å². The predicted molar refractivity (Wildman–Crippen MR) is 77.9 cm³/mol. The van der Waals surface area contributed by atoms with Crippen LogP contribution >= 0.6 is 0 Å². The lowest BCUT2D eigenvalue weighted by Gasteiger charge is -2.19. The van der Waals surface area contributed by atoms with Gasteiger partial charge in [0, 0.05) is 12.0 Å². The molecule has 1 aliphatic rings. The second kappa shape index (κ2) is 6.53. The van der Waals surface area contributed by atoms with Crippen LogP contribution in [0.25, 0.3) is 6.08 Å². The highest BCUT2D eigenvalue weighted by Gasteiger charge is 2.21. The zero-order valence-corrected chi connectivity index (χ0v) is 11.4. The van der Waals surface area contributed by atoms with E-state index >= 15 is 0 Å². The smallest absolute Gasteiger partial charge is 0.126 e. The Balaban J connectivity index is 2.16. The van der Waals surface area contributed by atoms with Crippen LogP contribution in [0.4, 0.5) is 4.39 Å². The maximum absolute atomic E-state index is 13.1. The van der Waals surface area contributed by atoms with Crippen LogP contribution < -0.4 is 0 Å². The molecular weight excluding hydrogens is 255 g/mol. The van der Waals surface area contributed by atoms with Gasteiger partial charge in [-0.3, -0.25) is 0 Å². The molecule has 0 spiro atoms. The van der Waals surface area contributed by atoms with Crippen molar-refractivity contribution in [3.8, 4) is 0 Å². The van der Waals surface area contributed by atoms with Crippen LogP contribution in [0.5, 0.6) is 0 Å². The van der Waals surface area contributed by atoms with Gasteiger partial charge in [0.15, 0.2) is 0 Å². The van der Waals surface area contributed by atoms with E-state index in [0.29, 0.717) is 18.4 Å². The summed E-state index contributed by atoms with van der Waals surface area (Å²) in [5.74, 6) is -0.165. The Labute approximate surface area is 118 Å². The first-order valence-corrected chi connectivity index (χ1v) is 6.71. The van der Waals surface area contributed by atoms with Gasteiger partial charge in [0.25, 0.3) is 0 Å². The van der Waals surface area contributed by atoms with Crippen LogP contribution in [-0.2, 0) is 0 Å². The van der Waals surface area contributed by atoms with Crippen molar-refractivity contribution in [3.05, 3.63) is 70.8 Å². The average molecular weight is 273 g/mol. The summed E-state index contributed by atoms with van der Waals surface area (Å²) in [5.41, 5.74) is 2.16. The van der Waals surface area contributed by atoms with E-state index in [-0.39, 0.29) is 17.7 Å². The molecule has 1 aliphatic carbocycles. The largest absolute Gasteiger partial charge is 0.508 e. The fourth-order valence-corrected chi connectivity index (χ4v) is 2.20. The van der Waals surface area contributed by atoms with Gasteiger partial charge in [-0.2, -0.15) is 0 Å². The van der Waals surface area contributed by atoms with Gasteiger partial charge in [-0.1, -0.05) is 37.6 Å². The topological polar surface area (TPSA) is 40.5 Å². The quantitative estimate of drug-likeness (QED) is 0.835. The van der Waals surface area contributed by atoms with Crippen molar-refractivity contribution in [1.29, 1.82) is 0 Å². The minimum Gasteiger partial charge on any atom is -0.508 e. The Hall–Kier alpha value is -1.87. The molecule has 0 bridgehead atoms. The molecule has 0 unspecified atom stereocenters. The normalized spacial score (nSPS) is 16.9. The highest BCUT2D eigenvalue weighted by Crippen LogP contribution is 2.32. The lowest BCUT2D eigenvalue weighted by molar-refractivity contribution is 0.297. The maximum atomic E-state index is 13.1. The maximum Gasteiger partial charge on any atom is 0.126 e. The SMILES string of the molecule is CCCC1=C(O)C=C(C=Cc2cccc(F)c2)C[C]1O. The molecule has 105 valence electrons. The number of halogens is 1. The number of aliphatic hydroxyl groups excluding tert-OH is 2. The van der Waals surface area contributed by atoms with Crippen molar-refractivity contribution < 1.29 is 14.6 Å². The molecule has 2 nitrogen and oxygen atoms in total. The number of rotatable bonds is 4. The van der Waals surface area contributed by atoms with Crippen LogP contribution in [0.3, 0.4) is 0 Å². The van der Waals surface area contributed by atoms with Crippen LogP contribution in [0.1, 0.15) is 31.7 Å². The summed E-state index contributed by atoms with van der Waals surface area (Å²) in [6, 6.07) is 6.26. The summed E-state index contributed by atoms with van der Waals surface area (Å²) in [5, 5.41) is 19.9. The molecule has 1 radical (unpaired) electrons. The van der Waals surface area contributed by atoms with Gasteiger partial charge in [-0.25, -0.2) is 4.39 Å². The van der Waals surface area contributed by atoms with Crippen LogP contribution in [0, 0.1) is 11.9 Å². The molecule has 0 saturated heterocycles. The first-order valence-electron chi connectivity index (χ1n) is 6.71. The van der Waals surface area contributed by atoms with Gasteiger partial charge in [0.05, 0.1) is 0 Å². The number of aliphatic hydroxyl groups is 2. The lowest BCUT2D eigenvalue weighted by atomic mass is 9.91. The summed E-state index contributed by atoms with van der Waals surface area (Å²) < 4.78 is 13.1. The van der Waals surface area contributed by atoms with E-state index in [4.69, 9.17) is 0 Å². The fraction of sp³-hybridized carbons (Fsp3) is 0.235. The van der Waals surface area contributed by atoms with E-state index < -0.39 is 0 Å². The monoisotopic (exact) mass is 273 g/mol. The second-order valence-corrected chi connectivity index (χ2v) is 4.84. The van der Waals surface area contributed by atoms with Crippen LogP contribution in [-0.4, -0.2) is 10.2 Å². The Morgan fingerprint density at radius 1 is 1.25 bits per heavy atom.